The number of halogens is 1. The molecule has 0 spiro atoms. The molecule has 0 amide bonds. The third-order valence-corrected chi connectivity index (χ3v) is 1.78. The van der Waals surface area contributed by atoms with Crippen LogP contribution in [0.1, 0.15) is 0 Å². The fourth-order valence-corrected chi connectivity index (χ4v) is 1.06. The van der Waals surface area contributed by atoms with Gasteiger partial charge in [-0.2, -0.15) is 4.68 Å². The summed E-state index contributed by atoms with van der Waals surface area (Å²) in [7, 11) is 1.48. The minimum absolute atomic E-state index is 0.192. The van der Waals surface area contributed by atoms with Crippen molar-refractivity contribution in [1.82, 2.24) is 9.78 Å². The van der Waals surface area contributed by atoms with E-state index in [0.29, 0.717) is 5.56 Å². The van der Waals surface area contributed by atoms with Gasteiger partial charge in [-0.3, -0.25) is 0 Å². The van der Waals surface area contributed by atoms with Crippen molar-refractivity contribution in [3.8, 4) is 11.5 Å². The second-order valence-electron chi connectivity index (χ2n) is 2.80. The Labute approximate surface area is 78.6 Å². The van der Waals surface area contributed by atoms with Crippen molar-refractivity contribution >= 4 is 0 Å². The largest absolute Gasteiger partial charge is 0.437 e. The molecule has 0 unspecified atom stereocenters. The first kappa shape index (κ1) is 8.68. The maximum Gasteiger partial charge on any atom is 0.437 e. The molecule has 5 heteroatoms. The molecule has 1 aromatic heterocycles. The molecule has 0 N–H and O–H groups in total. The van der Waals surface area contributed by atoms with Crippen molar-refractivity contribution in [2.45, 2.75) is 0 Å². The first-order valence-corrected chi connectivity index (χ1v) is 3.97. The monoisotopic (exact) mass is 194 g/mol. The zero-order chi connectivity index (χ0) is 10.1. The Kier molecular flexibility index (Phi) is 1.92. The minimum Gasteiger partial charge on any atom is -0.388 e. The van der Waals surface area contributed by atoms with Crippen LogP contribution in [-0.4, -0.2) is 9.78 Å². The molecule has 0 radical (unpaired) electrons. The molecule has 0 saturated carbocycles. The highest BCUT2D eigenvalue weighted by Gasteiger charge is 2.06. The summed E-state index contributed by atoms with van der Waals surface area (Å²) >= 11 is 0. The van der Waals surface area contributed by atoms with Crippen molar-refractivity contribution in [3.05, 3.63) is 40.6 Å². The Balaban J connectivity index is 2.49. The molecule has 0 aliphatic carbocycles. The van der Waals surface area contributed by atoms with E-state index in [1.807, 2.05) is 0 Å². The smallest absolute Gasteiger partial charge is 0.388 e. The molecule has 1 heterocycles. The van der Waals surface area contributed by atoms with Gasteiger partial charge < -0.3 is 4.42 Å². The molecule has 14 heavy (non-hydrogen) atoms. The third kappa shape index (κ3) is 1.44. The molecular weight excluding hydrogens is 187 g/mol. The van der Waals surface area contributed by atoms with Crippen LogP contribution in [0.4, 0.5) is 4.39 Å². The summed E-state index contributed by atoms with van der Waals surface area (Å²) < 4.78 is 18.5. The summed E-state index contributed by atoms with van der Waals surface area (Å²) in [4.78, 5) is 10.9. The molecule has 4 nitrogen and oxygen atoms in total. The predicted octanol–water partition coefficient (Wildman–Crippen LogP) is 1.18. The molecule has 0 fully saturated rings. The second-order valence-corrected chi connectivity index (χ2v) is 2.80. The fourth-order valence-electron chi connectivity index (χ4n) is 1.06. The Bertz CT molecular complexity index is 498. The van der Waals surface area contributed by atoms with Crippen molar-refractivity contribution in [2.24, 2.45) is 7.05 Å². The lowest BCUT2D eigenvalue weighted by atomic mass is 10.2. The van der Waals surface area contributed by atoms with E-state index in [1.165, 1.54) is 31.3 Å². The average Bonchev–Trinajstić information content (AvgIpc) is 2.48. The molecule has 2 rings (SSSR count). The zero-order valence-electron chi connectivity index (χ0n) is 7.40. The van der Waals surface area contributed by atoms with E-state index in [1.54, 1.807) is 0 Å². The van der Waals surface area contributed by atoms with Crippen LogP contribution in [0, 0.1) is 5.82 Å². The predicted molar refractivity (Wildman–Crippen MR) is 47.1 cm³/mol. The second kappa shape index (κ2) is 3.10. The van der Waals surface area contributed by atoms with Gasteiger partial charge in [0.1, 0.15) is 5.82 Å². The van der Waals surface area contributed by atoms with Crippen LogP contribution in [0.15, 0.2) is 33.5 Å². The number of aryl methyl sites for hydroxylation is 1. The average molecular weight is 194 g/mol. The molecular formula is C9H7FN2O2. The Hall–Kier alpha value is -1.91. The lowest BCUT2D eigenvalue weighted by Crippen LogP contribution is -2.09. The van der Waals surface area contributed by atoms with Crippen LogP contribution < -0.4 is 5.76 Å². The summed E-state index contributed by atoms with van der Waals surface area (Å²) in [6.07, 6.45) is 0. The SMILES string of the molecule is Cn1nc(-c2ccc(F)cc2)oc1=O. The van der Waals surface area contributed by atoms with Gasteiger partial charge in [0.15, 0.2) is 0 Å². The van der Waals surface area contributed by atoms with Crippen LogP contribution in [0.3, 0.4) is 0 Å². The van der Waals surface area contributed by atoms with Crippen molar-refractivity contribution in [3.63, 3.8) is 0 Å². The number of aromatic nitrogens is 2. The number of benzene rings is 1. The van der Waals surface area contributed by atoms with Gasteiger partial charge in [0.05, 0.1) is 0 Å². The van der Waals surface area contributed by atoms with Gasteiger partial charge in [-0.15, -0.1) is 5.10 Å². The number of rotatable bonds is 1. The standard InChI is InChI=1S/C9H7FN2O2/c1-12-9(13)14-8(11-12)6-2-4-7(10)5-3-6/h2-5H,1H3. The van der Waals surface area contributed by atoms with Crippen molar-refractivity contribution in [1.29, 1.82) is 0 Å². The lowest BCUT2D eigenvalue weighted by molar-refractivity contribution is 0.505. The van der Waals surface area contributed by atoms with Gasteiger partial charge in [0.2, 0.25) is 5.89 Å². The third-order valence-electron chi connectivity index (χ3n) is 1.78. The van der Waals surface area contributed by atoms with Crippen LogP contribution in [-0.2, 0) is 7.05 Å². The maximum absolute atomic E-state index is 12.6. The normalized spacial score (nSPS) is 10.4. The highest BCUT2D eigenvalue weighted by Crippen LogP contribution is 2.14. The van der Waals surface area contributed by atoms with Gasteiger partial charge in [-0.05, 0) is 24.3 Å². The first-order valence-electron chi connectivity index (χ1n) is 3.97. The molecule has 0 aliphatic heterocycles. The zero-order valence-corrected chi connectivity index (χ0v) is 7.40. The number of hydrogen-bond donors (Lipinski definition) is 0. The van der Waals surface area contributed by atoms with Crippen molar-refractivity contribution in [2.75, 3.05) is 0 Å². The van der Waals surface area contributed by atoms with E-state index in [-0.39, 0.29) is 11.7 Å². The van der Waals surface area contributed by atoms with Crippen LogP contribution >= 0.6 is 0 Å². The van der Waals surface area contributed by atoms with Gasteiger partial charge in [0, 0.05) is 12.6 Å². The molecule has 0 saturated heterocycles. The van der Waals surface area contributed by atoms with Gasteiger partial charge in [-0.1, -0.05) is 0 Å². The molecule has 1 aromatic carbocycles. The minimum atomic E-state index is -0.538. The van der Waals surface area contributed by atoms with E-state index >= 15 is 0 Å². The Morgan fingerprint density at radius 3 is 2.50 bits per heavy atom. The summed E-state index contributed by atoms with van der Waals surface area (Å²) in [6, 6.07) is 5.56. The maximum atomic E-state index is 12.6. The highest BCUT2D eigenvalue weighted by atomic mass is 19.1. The van der Waals surface area contributed by atoms with Crippen LogP contribution in [0.2, 0.25) is 0 Å². The summed E-state index contributed by atoms with van der Waals surface area (Å²) in [5.74, 6) is -0.686. The van der Waals surface area contributed by atoms with Crippen molar-refractivity contribution < 1.29 is 8.81 Å². The molecule has 0 aliphatic rings. The van der Waals surface area contributed by atoms with Gasteiger partial charge >= 0.3 is 5.76 Å². The van der Waals surface area contributed by atoms with Crippen LogP contribution in [0.5, 0.6) is 0 Å². The molecule has 72 valence electrons. The lowest BCUT2D eigenvalue weighted by Gasteiger charge is -1.92. The molecule has 0 bridgehead atoms. The summed E-state index contributed by atoms with van der Waals surface area (Å²) in [5.41, 5.74) is 0.573. The highest BCUT2D eigenvalue weighted by molar-refractivity contribution is 5.51. The fraction of sp³-hybridized carbons (Fsp3) is 0.111. The van der Waals surface area contributed by atoms with E-state index in [2.05, 4.69) is 5.10 Å². The topological polar surface area (TPSA) is 48.0 Å². The van der Waals surface area contributed by atoms with Crippen LogP contribution in [0.25, 0.3) is 11.5 Å². The van der Waals surface area contributed by atoms with E-state index < -0.39 is 5.76 Å². The van der Waals surface area contributed by atoms with E-state index in [4.69, 9.17) is 4.42 Å². The number of hydrogen-bond acceptors (Lipinski definition) is 3. The Morgan fingerprint density at radius 2 is 2.00 bits per heavy atom. The first-order chi connectivity index (χ1) is 6.66. The van der Waals surface area contributed by atoms with Gasteiger partial charge in [-0.25, -0.2) is 9.18 Å². The van der Waals surface area contributed by atoms with E-state index in [9.17, 15) is 9.18 Å². The number of nitrogens with zero attached hydrogens (tertiary/aromatic N) is 2. The quantitative estimate of drug-likeness (QED) is 0.684. The molecule has 0 atom stereocenters. The van der Waals surface area contributed by atoms with Gasteiger partial charge in [0.25, 0.3) is 0 Å². The Morgan fingerprint density at radius 1 is 1.36 bits per heavy atom. The summed E-state index contributed by atoms with van der Waals surface area (Å²) in [6.45, 7) is 0. The molecule has 2 aromatic rings. The summed E-state index contributed by atoms with van der Waals surface area (Å²) in [5, 5.41) is 3.83. The van der Waals surface area contributed by atoms with E-state index in [0.717, 1.165) is 4.68 Å².